The van der Waals surface area contributed by atoms with Crippen LogP contribution in [-0.2, 0) is 153 Å². The van der Waals surface area contributed by atoms with Crippen molar-refractivity contribution in [1.82, 2.24) is 26.6 Å². The van der Waals surface area contributed by atoms with Gasteiger partial charge in [-0.05, 0) is 0 Å². The fraction of sp³-hybridized carbons (Fsp3) is 0.934. The van der Waals surface area contributed by atoms with Gasteiger partial charge in [0, 0.05) is 34.6 Å². The van der Waals surface area contributed by atoms with Gasteiger partial charge in [0.25, 0.3) is 0 Å². The van der Waals surface area contributed by atoms with Gasteiger partial charge in [-0.3, -0.25) is 33.1 Å². The molecule has 55 atom stereocenters. The second-order valence-electron chi connectivity index (χ2n) is 35.5. The molecule has 35 N–H and O–H groups in total. The molecule has 67 nitrogen and oxygen atoms in total. The molecule has 0 aromatic rings. The summed E-state index contributed by atoms with van der Waals surface area (Å²) in [4.78, 5) is 65.5. The quantitative estimate of drug-likeness (QED) is 0.0253. The fourth-order valence-corrected chi connectivity index (χ4v) is 19.3. The van der Waals surface area contributed by atoms with E-state index in [2.05, 4.69) is 35.0 Å². The number of nitrogens with one attached hydrogen (secondary N) is 5. The Bertz CT molecular complexity index is 4360. The van der Waals surface area contributed by atoms with Gasteiger partial charge in [0.05, 0.1) is 72.7 Å². The summed E-state index contributed by atoms with van der Waals surface area (Å²) < 4.78 is 202. The molecule has 11 aliphatic rings. The van der Waals surface area contributed by atoms with Crippen LogP contribution in [-0.4, -0.2) is 609 Å². The number of ether oxygens (including phenoxy) is 21. The minimum Gasteiger partial charge on any atom is -0.394 e. The van der Waals surface area contributed by atoms with Gasteiger partial charge in [-0.25, -0.2) is 8.37 Å². The Hall–Kier alpha value is -4.87. The van der Waals surface area contributed by atoms with Crippen LogP contribution in [0, 0.1) is 0 Å². The molecule has 0 spiro atoms. The molecule has 840 valence electrons. The summed E-state index contributed by atoms with van der Waals surface area (Å²) in [5, 5.41) is 330. The Balaban J connectivity index is 0.996. The summed E-state index contributed by atoms with van der Waals surface area (Å²) in [6.45, 7) is -9.64. The van der Waals surface area contributed by atoms with Crippen LogP contribution in [0.4, 0.5) is 0 Å². The molecule has 69 heteroatoms. The highest BCUT2D eigenvalue weighted by atomic mass is 32.3. The van der Waals surface area contributed by atoms with E-state index in [4.69, 9.17) is 99.5 Å². The lowest BCUT2D eigenvalue weighted by Gasteiger charge is -2.52. The van der Waals surface area contributed by atoms with Crippen LogP contribution in [0.15, 0.2) is 0 Å². The molecule has 11 aliphatic heterocycles. The van der Waals surface area contributed by atoms with Crippen LogP contribution >= 0.6 is 0 Å². The first-order valence-electron chi connectivity index (χ1n) is 45.0. The first kappa shape index (κ1) is 120. The number of rotatable bonds is 40. The van der Waals surface area contributed by atoms with Crippen LogP contribution in [0.5, 0.6) is 0 Å². The van der Waals surface area contributed by atoms with Crippen LogP contribution in [0.25, 0.3) is 0 Å². The monoisotopic (exact) mass is 2170 g/mol. The molecule has 0 bridgehead atoms. The number of aliphatic hydroxyl groups is 28. The van der Waals surface area contributed by atoms with E-state index in [9.17, 15) is 193 Å². The number of aliphatic hydroxyl groups excluding tert-OH is 28. The van der Waals surface area contributed by atoms with E-state index in [0.29, 0.717) is 0 Å². The molecule has 11 saturated heterocycles. The predicted molar refractivity (Wildman–Crippen MR) is 441 cm³/mol. The van der Waals surface area contributed by atoms with Gasteiger partial charge < -0.3 is 269 Å². The molecule has 11 fully saturated rings. The van der Waals surface area contributed by atoms with Crippen molar-refractivity contribution in [3.05, 3.63) is 0 Å². The number of hydrogen-bond donors (Lipinski definition) is 35. The molecule has 11 heterocycles. The first-order valence-corrected chi connectivity index (χ1v) is 47.7. The summed E-state index contributed by atoms with van der Waals surface area (Å²) in [6, 6.07) is -10.3. The zero-order chi connectivity index (χ0) is 107. The van der Waals surface area contributed by atoms with Crippen molar-refractivity contribution in [2.24, 2.45) is 0 Å². The maximum atomic E-state index is 13.5. The molecular formula is C76H127N5O62S2. The van der Waals surface area contributed by atoms with Gasteiger partial charge in [0.1, 0.15) is 268 Å². The lowest BCUT2D eigenvalue weighted by Crippen LogP contribution is -2.71. The zero-order valence-corrected chi connectivity index (χ0v) is 78.5. The molecule has 145 heavy (non-hydrogen) atoms. The number of carbonyl (C=O) groups excluding carboxylic acids is 5. The van der Waals surface area contributed by atoms with Crippen molar-refractivity contribution in [1.29, 1.82) is 0 Å². The Kier molecular flexibility index (Phi) is 43.1. The average molecular weight is 2170 g/mol. The SMILES string of the molecule is CC(=O)N[C@@H]1[C@@H](O)[C@H](O[C@@H]2O[C@H](CO)[C@@H](O[C@@H]3O[C@H](CO[C@H]4O[C@H](CO)[C@@H](O)[C@H](O)[C@@H]4O[C@@H]4O[C@H](CO)[C@@H](O[C@@H]5O[C@H](CO)[C@H](O)[C@H](O)[C@H]5O)[C@H](O)[C@H]4NC(C)=O)[C@@H](O)[C@H](O[C@H]4O[C@H](CO)[C@@H](O[C@@H]5O[C@H](CO)[C@@H](O[C@@H]6O[C@H](CO)[C@H](O)[C@H](OS(=O)(=O)O)[C@H]6O)[C@H](O)[C@H]5NC(C)=O)[C@H](O)[C@@H]4O[C@@H]4O[C@H](CO)[C@@H](O[C@@H]5O[C@H](CO)[C@H](O)[C@H](OS(=O)(=O)O)[C@H]5O)[C@H](O)[C@H]4NC(C)=O)[C@@H]3O)[C@H](O)[C@H]2NC(C)=O)[C@@H](CO)O[C@H]1O. The highest BCUT2D eigenvalue weighted by Crippen LogP contribution is 2.43. The Labute approximate surface area is 819 Å². The predicted octanol–water partition coefficient (Wildman–Crippen LogP) is -24.6. The van der Waals surface area contributed by atoms with E-state index < -0.39 is 460 Å². The van der Waals surface area contributed by atoms with Crippen LogP contribution in [0.1, 0.15) is 34.6 Å². The molecule has 0 saturated carbocycles. The van der Waals surface area contributed by atoms with E-state index in [-0.39, 0.29) is 0 Å². The van der Waals surface area contributed by atoms with Crippen LogP contribution in [0.2, 0.25) is 0 Å². The lowest BCUT2D eigenvalue weighted by molar-refractivity contribution is -0.406. The first-order chi connectivity index (χ1) is 68.2. The maximum absolute atomic E-state index is 13.5. The second kappa shape index (κ2) is 51.9. The second-order valence-corrected chi connectivity index (χ2v) is 37.6. The van der Waals surface area contributed by atoms with Crippen molar-refractivity contribution in [2.75, 3.05) is 72.7 Å². The van der Waals surface area contributed by atoms with E-state index >= 15 is 0 Å². The van der Waals surface area contributed by atoms with Crippen molar-refractivity contribution in [3.63, 3.8) is 0 Å². The molecule has 0 aliphatic carbocycles. The smallest absolute Gasteiger partial charge is 0.394 e. The normalized spacial score (nSPS) is 47.1. The van der Waals surface area contributed by atoms with Crippen LogP contribution < -0.4 is 26.6 Å². The third-order valence-electron chi connectivity index (χ3n) is 25.4. The molecule has 0 aromatic carbocycles. The summed E-state index contributed by atoms with van der Waals surface area (Å²) in [5.74, 6) is -5.19. The summed E-state index contributed by atoms with van der Waals surface area (Å²) in [6.07, 6.45) is -115. The molecule has 0 unspecified atom stereocenters. The summed E-state index contributed by atoms with van der Waals surface area (Å²) >= 11 is 0. The highest BCUT2D eigenvalue weighted by Gasteiger charge is 2.64. The standard InChI is InChI=1S/C76H127N5O62S2/c1-17(92)77-33-43(102)55(26(10-86)122-66(33)114)133-67-34(78-18(2)93)44(103)57(28(12-88)127-67)136-72-52(111)61(42(101)32(132-72)16-121-75-64(49(108)39(98)23(7-83)126-75)140-69-36(80-20(4)95)46(105)56(27(11-87)129-69)135-71-50(109)48(107)38(97)22(6-82)123-71)139-76-65(141-70-37(81-21(5)96)47(106)59(30(14-90)130-70)138-74-54(113)63(143-145(118,119)120)41(100)25(9-85)125-74)51(110)60(31(15-91)131-76)134-68-35(79-19(3)94)45(104)58(29(13-89)128-68)137-73-53(112)62(142-144(115,116)117)40(99)24(8-84)124-73/h22-76,82-91,97-114H,6-16H2,1-5H3,(H,77,92)(H,78,93)(H,79,94)(H,80,95)(H,81,96)(H,115,116,117)(H,118,119,120)/t22-,23-,24-,25-,26-,27-,28-,29-,30-,31-,32-,33-,34-,35-,36-,37-,38+,39-,40+,41+,42-,43-,44-,45-,46-,47-,48+,49+,50-,51+,52+,53-,54-,55-,56-,57-,58-,59-,60-,61+,62+,63+,64+,65+,66-,67+,68+,69+,70+,71+,72+,73+,74+,75+,76-/m1/s1. The Morgan fingerprint density at radius 2 is 0.434 bits per heavy atom. The van der Waals surface area contributed by atoms with Crippen molar-refractivity contribution >= 4 is 50.3 Å². The van der Waals surface area contributed by atoms with Crippen molar-refractivity contribution < 1.29 is 301 Å². The molecule has 0 radical (unpaired) electrons. The summed E-state index contributed by atoms with van der Waals surface area (Å²) in [5.41, 5.74) is 0. The highest BCUT2D eigenvalue weighted by molar-refractivity contribution is 7.81. The van der Waals surface area contributed by atoms with Gasteiger partial charge in [-0.1, -0.05) is 0 Å². The molecule has 11 rings (SSSR count). The van der Waals surface area contributed by atoms with E-state index in [0.717, 1.165) is 34.6 Å². The van der Waals surface area contributed by atoms with E-state index in [1.807, 2.05) is 0 Å². The largest absolute Gasteiger partial charge is 0.397 e. The van der Waals surface area contributed by atoms with Gasteiger partial charge in [0.2, 0.25) is 29.5 Å². The third kappa shape index (κ3) is 27.9. The molecule has 5 amide bonds. The average Bonchev–Trinajstić information content (AvgIpc) is 0.756. The zero-order valence-electron chi connectivity index (χ0n) is 76.8. The minimum atomic E-state index is -5.63. The van der Waals surface area contributed by atoms with Gasteiger partial charge in [0.15, 0.2) is 69.2 Å². The summed E-state index contributed by atoms with van der Waals surface area (Å²) in [7, 11) is -11.2. The van der Waals surface area contributed by atoms with Crippen molar-refractivity contribution in [2.45, 2.75) is 372 Å². The number of amides is 5. The van der Waals surface area contributed by atoms with E-state index in [1.165, 1.54) is 0 Å². The topological polar surface area (TPSA) is 1030 Å². The Morgan fingerprint density at radius 3 is 0.752 bits per heavy atom. The minimum absolute atomic E-state index is 0.789. The fourth-order valence-electron chi connectivity index (χ4n) is 18.3. The lowest BCUT2D eigenvalue weighted by atomic mass is 9.93. The van der Waals surface area contributed by atoms with Gasteiger partial charge >= 0.3 is 20.8 Å². The van der Waals surface area contributed by atoms with Gasteiger partial charge in [-0.2, -0.15) is 16.8 Å². The Morgan fingerprint density at radius 1 is 0.214 bits per heavy atom. The maximum Gasteiger partial charge on any atom is 0.397 e. The molecule has 0 aromatic heterocycles. The number of carbonyl (C=O) groups is 5. The van der Waals surface area contributed by atoms with E-state index in [1.54, 1.807) is 0 Å². The molecular weight excluding hydrogens is 2040 g/mol. The van der Waals surface area contributed by atoms with Gasteiger partial charge in [-0.15, -0.1) is 0 Å². The van der Waals surface area contributed by atoms with Crippen molar-refractivity contribution in [3.8, 4) is 0 Å². The number of hydrogen-bond acceptors (Lipinski definition) is 60. The van der Waals surface area contributed by atoms with Crippen LogP contribution in [0.3, 0.4) is 0 Å². The third-order valence-corrected chi connectivity index (χ3v) is 26.3.